The number of carboxylic acids is 1. The molecule has 0 aliphatic heterocycles. The van der Waals surface area contributed by atoms with E-state index in [1.165, 1.54) is 0 Å². The third-order valence-electron chi connectivity index (χ3n) is 2.91. The van der Waals surface area contributed by atoms with Gasteiger partial charge in [-0.2, -0.15) is 0 Å². The summed E-state index contributed by atoms with van der Waals surface area (Å²) in [4.78, 5) is 15.1. The van der Waals surface area contributed by atoms with Gasteiger partial charge in [-0.05, 0) is 43.7 Å². The number of carboxylic acid groups (broad SMARTS) is 1. The zero-order chi connectivity index (χ0) is 13.8. The molecule has 0 fully saturated rings. The molecule has 2 N–H and O–H groups in total. The molecule has 0 saturated carbocycles. The van der Waals surface area contributed by atoms with Gasteiger partial charge >= 0.3 is 5.97 Å². The molecule has 0 bridgehead atoms. The summed E-state index contributed by atoms with van der Waals surface area (Å²) in [6, 6.07) is 10.8. The Balaban J connectivity index is 2.04. The second kappa shape index (κ2) is 5.52. The second-order valence-electron chi connectivity index (χ2n) is 4.44. The van der Waals surface area contributed by atoms with Gasteiger partial charge in [0.1, 0.15) is 0 Å². The van der Waals surface area contributed by atoms with Crippen molar-refractivity contribution >= 4 is 11.7 Å². The van der Waals surface area contributed by atoms with E-state index in [1.807, 2.05) is 38.1 Å². The van der Waals surface area contributed by atoms with Crippen LogP contribution in [0, 0.1) is 13.8 Å². The third kappa shape index (κ3) is 3.31. The van der Waals surface area contributed by atoms with Crippen LogP contribution in [-0.4, -0.2) is 16.1 Å². The van der Waals surface area contributed by atoms with Gasteiger partial charge in [-0.3, -0.25) is 4.98 Å². The van der Waals surface area contributed by atoms with Gasteiger partial charge in [0.05, 0.1) is 16.9 Å². The van der Waals surface area contributed by atoms with Crippen LogP contribution in [0.25, 0.3) is 0 Å². The normalized spacial score (nSPS) is 10.2. The lowest BCUT2D eigenvalue weighted by Gasteiger charge is -2.09. The number of aryl methyl sites for hydroxylation is 2. The Morgan fingerprint density at radius 2 is 1.84 bits per heavy atom. The second-order valence-corrected chi connectivity index (χ2v) is 4.44. The smallest absolute Gasteiger partial charge is 0.335 e. The maximum Gasteiger partial charge on any atom is 0.335 e. The summed E-state index contributed by atoms with van der Waals surface area (Å²) in [5, 5.41) is 12.1. The van der Waals surface area contributed by atoms with Gasteiger partial charge in [0.2, 0.25) is 0 Å². The highest BCUT2D eigenvalue weighted by molar-refractivity contribution is 5.87. The molecule has 0 amide bonds. The SMILES string of the molecule is Cc1ccc(NCc2ccc(C(=O)O)cc2)c(C)n1. The average molecular weight is 256 g/mol. The standard InChI is InChI=1S/C15H16N2O2/c1-10-3-8-14(11(2)17-10)16-9-12-4-6-13(7-5-12)15(18)19/h3-8,16H,9H2,1-2H3,(H,18,19). The molecule has 2 rings (SSSR count). The minimum atomic E-state index is -0.905. The Morgan fingerprint density at radius 1 is 1.16 bits per heavy atom. The van der Waals surface area contributed by atoms with Crippen molar-refractivity contribution in [2.45, 2.75) is 20.4 Å². The van der Waals surface area contributed by atoms with Crippen LogP contribution in [0.2, 0.25) is 0 Å². The summed E-state index contributed by atoms with van der Waals surface area (Å²) in [6.07, 6.45) is 0. The van der Waals surface area contributed by atoms with Gasteiger partial charge in [0.15, 0.2) is 0 Å². The molecule has 4 heteroatoms. The predicted molar refractivity (Wildman–Crippen MR) is 74.4 cm³/mol. The van der Waals surface area contributed by atoms with Crippen LogP contribution in [0.3, 0.4) is 0 Å². The number of aromatic carboxylic acids is 1. The molecule has 0 saturated heterocycles. The fourth-order valence-corrected chi connectivity index (χ4v) is 1.84. The van der Waals surface area contributed by atoms with Crippen LogP contribution >= 0.6 is 0 Å². The summed E-state index contributed by atoms with van der Waals surface area (Å²) in [5.74, 6) is -0.905. The number of anilines is 1. The molecule has 1 aromatic carbocycles. The van der Waals surface area contributed by atoms with Crippen molar-refractivity contribution in [3.05, 3.63) is 58.9 Å². The lowest BCUT2D eigenvalue weighted by atomic mass is 10.1. The number of rotatable bonds is 4. The zero-order valence-electron chi connectivity index (χ0n) is 11.0. The van der Waals surface area contributed by atoms with E-state index in [0.717, 1.165) is 22.6 Å². The number of hydrogen-bond acceptors (Lipinski definition) is 3. The Hall–Kier alpha value is -2.36. The summed E-state index contributed by atoms with van der Waals surface area (Å²) in [6.45, 7) is 4.57. The minimum absolute atomic E-state index is 0.303. The maximum absolute atomic E-state index is 10.7. The monoisotopic (exact) mass is 256 g/mol. The fourth-order valence-electron chi connectivity index (χ4n) is 1.84. The zero-order valence-corrected chi connectivity index (χ0v) is 11.0. The number of hydrogen-bond donors (Lipinski definition) is 2. The van der Waals surface area contributed by atoms with Crippen LogP contribution in [-0.2, 0) is 6.54 Å². The van der Waals surface area contributed by atoms with Crippen molar-refractivity contribution in [1.29, 1.82) is 0 Å². The highest BCUT2D eigenvalue weighted by Gasteiger charge is 2.03. The quantitative estimate of drug-likeness (QED) is 0.882. The molecular formula is C15H16N2O2. The first-order valence-corrected chi connectivity index (χ1v) is 6.06. The summed E-state index contributed by atoms with van der Waals surface area (Å²) >= 11 is 0. The highest BCUT2D eigenvalue weighted by atomic mass is 16.4. The van der Waals surface area contributed by atoms with Crippen LogP contribution in [0.4, 0.5) is 5.69 Å². The van der Waals surface area contributed by atoms with Crippen LogP contribution in [0.1, 0.15) is 27.3 Å². The molecule has 1 aromatic heterocycles. The number of aromatic nitrogens is 1. The summed E-state index contributed by atoms with van der Waals surface area (Å²) < 4.78 is 0. The number of pyridine rings is 1. The van der Waals surface area contributed by atoms with Gasteiger partial charge in [0.25, 0.3) is 0 Å². The van der Waals surface area contributed by atoms with E-state index in [1.54, 1.807) is 12.1 Å². The molecule has 0 spiro atoms. The first-order valence-electron chi connectivity index (χ1n) is 6.06. The largest absolute Gasteiger partial charge is 0.478 e. The van der Waals surface area contributed by atoms with E-state index in [4.69, 9.17) is 5.11 Å². The molecule has 1 heterocycles. The van der Waals surface area contributed by atoms with Gasteiger partial charge < -0.3 is 10.4 Å². The van der Waals surface area contributed by atoms with Crippen LogP contribution in [0.15, 0.2) is 36.4 Å². The third-order valence-corrected chi connectivity index (χ3v) is 2.91. The topological polar surface area (TPSA) is 62.2 Å². The average Bonchev–Trinajstić information content (AvgIpc) is 2.38. The van der Waals surface area contributed by atoms with E-state index in [-0.39, 0.29) is 0 Å². The van der Waals surface area contributed by atoms with Crippen LogP contribution < -0.4 is 5.32 Å². The fraction of sp³-hybridized carbons (Fsp3) is 0.200. The molecule has 0 unspecified atom stereocenters. The molecule has 0 aliphatic carbocycles. The lowest BCUT2D eigenvalue weighted by molar-refractivity contribution is 0.0697. The number of nitrogens with one attached hydrogen (secondary N) is 1. The maximum atomic E-state index is 10.7. The molecular weight excluding hydrogens is 240 g/mol. The Labute approximate surface area is 112 Å². The first-order chi connectivity index (χ1) is 9.06. The van der Waals surface area contributed by atoms with Crippen molar-refractivity contribution in [3.63, 3.8) is 0 Å². The van der Waals surface area contributed by atoms with Crippen molar-refractivity contribution in [3.8, 4) is 0 Å². The number of carbonyl (C=O) groups is 1. The molecule has 0 atom stereocenters. The predicted octanol–water partition coefficient (Wildman–Crippen LogP) is 3.01. The van der Waals surface area contributed by atoms with Crippen molar-refractivity contribution in [1.82, 2.24) is 4.98 Å². The van der Waals surface area contributed by atoms with Gasteiger partial charge in [-0.15, -0.1) is 0 Å². The van der Waals surface area contributed by atoms with E-state index in [9.17, 15) is 4.79 Å². The van der Waals surface area contributed by atoms with Crippen LogP contribution in [0.5, 0.6) is 0 Å². The van der Waals surface area contributed by atoms with Gasteiger partial charge in [-0.1, -0.05) is 12.1 Å². The first kappa shape index (κ1) is 13.1. The van der Waals surface area contributed by atoms with E-state index >= 15 is 0 Å². The molecule has 19 heavy (non-hydrogen) atoms. The highest BCUT2D eigenvalue weighted by Crippen LogP contribution is 2.14. The van der Waals surface area contributed by atoms with Gasteiger partial charge in [0, 0.05) is 12.2 Å². The minimum Gasteiger partial charge on any atom is -0.478 e. The Kier molecular flexibility index (Phi) is 3.80. The van der Waals surface area contributed by atoms with Gasteiger partial charge in [-0.25, -0.2) is 4.79 Å². The Morgan fingerprint density at radius 3 is 2.42 bits per heavy atom. The molecule has 98 valence electrons. The molecule has 0 aliphatic rings. The number of benzene rings is 1. The van der Waals surface area contributed by atoms with Crippen molar-refractivity contribution in [2.24, 2.45) is 0 Å². The molecule has 4 nitrogen and oxygen atoms in total. The molecule has 0 radical (unpaired) electrons. The van der Waals surface area contributed by atoms with Crippen molar-refractivity contribution < 1.29 is 9.90 Å². The lowest BCUT2D eigenvalue weighted by Crippen LogP contribution is -2.03. The Bertz CT molecular complexity index is 592. The van der Waals surface area contributed by atoms with Crippen molar-refractivity contribution in [2.75, 3.05) is 5.32 Å². The van der Waals surface area contributed by atoms with E-state index in [0.29, 0.717) is 12.1 Å². The van der Waals surface area contributed by atoms with E-state index < -0.39 is 5.97 Å². The summed E-state index contributed by atoms with van der Waals surface area (Å²) in [7, 11) is 0. The van der Waals surface area contributed by atoms with E-state index in [2.05, 4.69) is 10.3 Å². The molecule has 2 aromatic rings. The summed E-state index contributed by atoms with van der Waals surface area (Å²) in [5.41, 5.74) is 4.28. The number of nitrogens with zero attached hydrogens (tertiary/aromatic N) is 1.